The fourth-order valence-electron chi connectivity index (χ4n) is 13.1. The third-order valence-corrected chi connectivity index (χ3v) is 19.1. The van der Waals surface area contributed by atoms with Gasteiger partial charge in [0.25, 0.3) is 0 Å². The quantitative estimate of drug-likeness (QED) is 0.0382. The van der Waals surface area contributed by atoms with Crippen molar-refractivity contribution in [1.29, 1.82) is 0 Å². The van der Waals surface area contributed by atoms with E-state index in [1.165, 1.54) is 0 Å². The third kappa shape index (κ3) is 18.0. The summed E-state index contributed by atoms with van der Waals surface area (Å²) in [4.78, 5) is 12.3. The first kappa shape index (κ1) is 84.7. The summed E-state index contributed by atoms with van der Waals surface area (Å²) in [5.74, 6) is -0.857. The Morgan fingerprint density at radius 2 is 0.505 bits per heavy atom. The lowest BCUT2D eigenvalue weighted by Gasteiger charge is -2.50. The molecule has 0 aliphatic carbocycles. The molecule has 0 unspecified atom stereocenters. The second-order valence-corrected chi connectivity index (χ2v) is 26.0. The summed E-state index contributed by atoms with van der Waals surface area (Å²) in [5.41, 5.74) is 0. The van der Waals surface area contributed by atoms with Crippen molar-refractivity contribution in [3.63, 3.8) is 0 Å². The molecule has 9 aliphatic rings. The van der Waals surface area contributed by atoms with E-state index in [9.17, 15) is 148 Å². The molecule has 29 N–H and O–H groups in total. The average Bonchev–Trinajstić information content (AvgIpc) is 0.767. The van der Waals surface area contributed by atoms with Gasteiger partial charge in [0.05, 0.1) is 59.5 Å². The lowest BCUT2D eigenvalue weighted by molar-refractivity contribution is -0.408. The summed E-state index contributed by atoms with van der Waals surface area (Å²) in [6, 6.07) is -1.77. The van der Waals surface area contributed by atoms with E-state index < -0.39 is 342 Å². The van der Waals surface area contributed by atoms with Gasteiger partial charge in [-0.15, -0.1) is 0 Å². The van der Waals surface area contributed by atoms with Gasteiger partial charge in [-0.1, -0.05) is 0 Å². The van der Waals surface area contributed by atoms with Crippen molar-refractivity contribution in [3.05, 3.63) is 0 Å². The van der Waals surface area contributed by atoms with E-state index in [0.29, 0.717) is 0 Å². The van der Waals surface area contributed by atoms with Crippen molar-refractivity contribution in [2.24, 2.45) is 0 Å². The molecule has 47 heteroatoms. The van der Waals surface area contributed by atoms with Gasteiger partial charge in [0.15, 0.2) is 56.6 Å². The van der Waals surface area contributed by atoms with Crippen LogP contribution in [-0.4, -0.2) is 485 Å². The third-order valence-electron chi connectivity index (χ3n) is 19.1. The summed E-state index contributed by atoms with van der Waals surface area (Å²) in [5, 5.41) is 309. The predicted octanol–water partition coefficient (Wildman–Crippen LogP) is -20.5. The molecule has 0 saturated carbocycles. The Bertz CT molecular complexity index is 2580. The maximum Gasteiger partial charge on any atom is 0.217 e. The largest absolute Gasteiger partial charge is 0.394 e. The molecule has 0 aromatic heterocycles. The van der Waals surface area contributed by atoms with E-state index >= 15 is 0 Å². The van der Waals surface area contributed by atoms with Crippen LogP contribution in [0.3, 0.4) is 0 Å². The molecule has 1 amide bonds. The monoisotopic (exact) mass is 1520 g/mol. The number of ether oxygens (including phenoxy) is 17. The summed E-state index contributed by atoms with van der Waals surface area (Å²) in [7, 11) is 0. The summed E-state index contributed by atoms with van der Waals surface area (Å²) in [6.45, 7) is -8.75. The molecule has 0 aromatic rings. The van der Waals surface area contributed by atoms with Crippen LogP contribution in [-0.2, 0) is 85.3 Å². The predicted molar refractivity (Wildman–Crippen MR) is 309 cm³/mol. The van der Waals surface area contributed by atoms with Gasteiger partial charge >= 0.3 is 0 Å². The van der Waals surface area contributed by atoms with Gasteiger partial charge in [-0.3, -0.25) is 4.79 Å². The zero-order valence-electron chi connectivity index (χ0n) is 54.2. The van der Waals surface area contributed by atoms with Crippen LogP contribution in [0.4, 0.5) is 0 Å². The Morgan fingerprint density at radius 3 is 0.854 bits per heavy atom. The fraction of sp³-hybridized carbons (Fsp3) is 0.982. The van der Waals surface area contributed by atoms with E-state index in [1.54, 1.807) is 0 Å². The van der Waals surface area contributed by atoms with Crippen molar-refractivity contribution in [2.75, 3.05) is 59.5 Å². The van der Waals surface area contributed by atoms with Crippen LogP contribution in [0, 0.1) is 0 Å². The minimum Gasteiger partial charge on any atom is -0.394 e. The van der Waals surface area contributed by atoms with E-state index in [1.807, 2.05) is 0 Å². The number of hydrogen-bond donors (Lipinski definition) is 29. The van der Waals surface area contributed by atoms with Crippen LogP contribution in [0.25, 0.3) is 0 Å². The highest BCUT2D eigenvalue weighted by Crippen LogP contribution is 2.40. The Balaban J connectivity index is 1.05. The summed E-state index contributed by atoms with van der Waals surface area (Å²) in [6.07, 6.45) is -93.7. The lowest BCUT2D eigenvalue weighted by atomic mass is 9.94. The fourth-order valence-corrected chi connectivity index (χ4v) is 13.1. The van der Waals surface area contributed by atoms with Gasteiger partial charge in [-0.2, -0.15) is 0 Å². The van der Waals surface area contributed by atoms with Crippen LogP contribution in [0.2, 0.25) is 0 Å². The molecule has 0 spiro atoms. The van der Waals surface area contributed by atoms with E-state index in [-0.39, 0.29) is 0 Å². The van der Waals surface area contributed by atoms with Crippen LogP contribution >= 0.6 is 0 Å². The van der Waals surface area contributed by atoms with E-state index in [4.69, 9.17) is 80.5 Å². The number of carbonyl (C=O) groups excluding carboxylic acids is 1. The molecule has 9 saturated heterocycles. The van der Waals surface area contributed by atoms with Crippen molar-refractivity contribution in [1.82, 2.24) is 5.32 Å². The van der Waals surface area contributed by atoms with Gasteiger partial charge in [0, 0.05) is 6.92 Å². The van der Waals surface area contributed by atoms with E-state index in [2.05, 4.69) is 5.32 Å². The van der Waals surface area contributed by atoms with Gasteiger partial charge in [0.1, 0.15) is 220 Å². The topological polar surface area (TPSA) is 752 Å². The Hall–Kier alpha value is -2.33. The first-order chi connectivity index (χ1) is 48.8. The average molecular weight is 1520 g/mol. The summed E-state index contributed by atoms with van der Waals surface area (Å²) < 4.78 is 98.4. The number of hydrogen-bond acceptors (Lipinski definition) is 46. The van der Waals surface area contributed by atoms with Crippen LogP contribution in [0.1, 0.15) is 6.92 Å². The maximum absolute atomic E-state index is 12.4. The molecule has 9 heterocycles. The van der Waals surface area contributed by atoms with Gasteiger partial charge in [-0.25, -0.2) is 0 Å². The van der Waals surface area contributed by atoms with Gasteiger partial charge in [0.2, 0.25) is 5.91 Å². The maximum atomic E-state index is 12.4. The van der Waals surface area contributed by atoms with Crippen LogP contribution in [0.15, 0.2) is 0 Å². The number of carbonyl (C=O) groups is 1. The number of aliphatic hydroxyl groups excluding tert-OH is 28. The van der Waals surface area contributed by atoms with Gasteiger partial charge < -0.3 is 229 Å². The zero-order chi connectivity index (χ0) is 75.6. The molecule has 0 bridgehead atoms. The molecular formula is C56H95NO46. The molecule has 103 heavy (non-hydrogen) atoms. The minimum atomic E-state index is -2.52. The SMILES string of the molecule is CC(=O)N[C@H]1[C@H](O)[C@@H](O[C@@H]2O[C@H](CO[C@H]3O[C@H](CO[C@@H]4O[C@@H](CO)[C@H](O)[C@@H](O)[C@H]4O)[C@@H](O)[C@H](O[C@H]4O[C@H](CO)[C@@H](O)[C@H](O)[C@@H]4O[C@H]4O[C@H](CO)[C@@H](O)[C@H](O)[C@@H]4O)[C@@H]3O)[C@@H](O)[C@H](O[C@@H]3O[C@@H](CO)[C@H](O)[C@@H](O)[C@H]3O[C@@H]3O[C@@H](CO)[C@H](O)[C@@H](O)[C@H]3O[C@@H]3O[C@@H](CO)[C@H](O)[C@@H](O)[C@H]3O)[C@@H]2O)[C@H](CO)O[C@@H]1O. The molecule has 9 fully saturated rings. The first-order valence-electron chi connectivity index (χ1n) is 32.7. The molecular weight excluding hydrogens is 1420 g/mol. The second-order valence-electron chi connectivity index (χ2n) is 26.0. The van der Waals surface area contributed by atoms with E-state index in [0.717, 1.165) is 6.92 Å². The molecule has 45 atom stereocenters. The standard InChI is InChI=1S/C56H95NO46/c1-11(65)57-21-30(74)42(18(8-64)89-48(21)86)98-53-41(85)44(100-55-47(36(80)27(71)16(6-62)94-55)103-56-46(35(79)26(70)17(7-63)95-56)102-52-39(83)33(77)24(68)14(4-60)92-52)29(73)20(97-53)10-88-50-40(84)43(28(72)19(96-50)9-87-49-37(81)31(75)22(66)12(2-58)90-49)99-54-45(34(78)25(69)15(5-61)93-54)101-51-38(82)32(76)23(67)13(3-59)91-51/h12-56,58-64,66-86H,2-10H2,1H3,(H,57,65)/t12-,13+,14-,15+,16-,17-,18-,19+,20+,21-,22-,23+,24-,25+,26-,27-,28+,29+,30-,31+,32-,33+,34-,35+,36+,37+,38-,39+,40-,41-,42-,43-,44-,45-,46+,47+,48-,49+,50-,51+,52-,53-,54+,55-,56-/m0/s1. The highest BCUT2D eigenvalue weighted by atomic mass is 16.8. The number of aliphatic hydroxyl groups is 28. The molecule has 9 aliphatic heterocycles. The first-order valence-corrected chi connectivity index (χ1v) is 32.7. The van der Waals surface area contributed by atoms with Crippen LogP contribution in [0.5, 0.6) is 0 Å². The number of amides is 1. The lowest BCUT2D eigenvalue weighted by Crippen LogP contribution is -2.69. The smallest absolute Gasteiger partial charge is 0.217 e. The zero-order valence-corrected chi connectivity index (χ0v) is 54.2. The molecule has 9 rings (SSSR count). The highest BCUT2D eigenvalue weighted by molar-refractivity contribution is 5.73. The second kappa shape index (κ2) is 36.7. The molecule has 0 aromatic carbocycles. The van der Waals surface area contributed by atoms with Crippen molar-refractivity contribution >= 4 is 5.91 Å². The normalized spacial score (nSPS) is 52.4. The molecule has 600 valence electrons. The Morgan fingerprint density at radius 1 is 0.252 bits per heavy atom. The highest BCUT2D eigenvalue weighted by Gasteiger charge is 2.60. The Kier molecular flexibility index (Phi) is 30.2. The van der Waals surface area contributed by atoms with Crippen molar-refractivity contribution in [3.8, 4) is 0 Å². The molecule has 47 nitrogen and oxygen atoms in total. The van der Waals surface area contributed by atoms with Crippen LogP contribution < -0.4 is 5.32 Å². The summed E-state index contributed by atoms with van der Waals surface area (Å²) >= 11 is 0. The number of nitrogens with one attached hydrogen (secondary N) is 1. The van der Waals surface area contributed by atoms with Gasteiger partial charge in [-0.05, 0) is 0 Å². The van der Waals surface area contributed by atoms with Crippen molar-refractivity contribution < 1.29 is 228 Å². The molecule has 0 radical (unpaired) electrons. The van der Waals surface area contributed by atoms with Crippen molar-refractivity contribution in [2.45, 2.75) is 283 Å². The number of rotatable bonds is 26. The minimum absolute atomic E-state index is 0.857. The Labute approximate surface area is 581 Å².